The van der Waals surface area contributed by atoms with Gasteiger partial charge in [0.1, 0.15) is 0 Å². The number of hydrogen-bond acceptors (Lipinski definition) is 4. The molecule has 2 N–H and O–H groups in total. The fourth-order valence-corrected chi connectivity index (χ4v) is 1.07. The van der Waals surface area contributed by atoms with Crippen LogP contribution in [0.15, 0.2) is 0 Å². The van der Waals surface area contributed by atoms with Gasteiger partial charge in [-0.25, -0.2) is 0 Å². The Morgan fingerprint density at radius 3 is 1.40 bits per heavy atom. The predicted octanol–water partition coefficient (Wildman–Crippen LogP) is 1.56. The van der Waals surface area contributed by atoms with Gasteiger partial charge in [0.25, 0.3) is 0 Å². The molecule has 0 atom stereocenters. The molecule has 1 fully saturated rings. The monoisotopic (exact) mass is 237 g/mol. The minimum absolute atomic E-state index is 0.844. The second kappa shape index (κ2) is 16.5. The third kappa shape index (κ3) is 24.9. The van der Waals surface area contributed by atoms with E-state index in [2.05, 4.69) is 6.92 Å². The summed E-state index contributed by atoms with van der Waals surface area (Å²) in [5.41, 5.74) is 5.14. The van der Waals surface area contributed by atoms with Crippen molar-refractivity contribution in [1.29, 1.82) is 0 Å². The van der Waals surface area contributed by atoms with Crippen LogP contribution in [0.4, 0.5) is 0 Å². The van der Waals surface area contributed by atoms with Crippen LogP contribution < -0.4 is 5.73 Å². The molecular formula is C10H27NO3Si. The zero-order valence-corrected chi connectivity index (χ0v) is 11.8. The van der Waals surface area contributed by atoms with E-state index in [9.17, 15) is 0 Å². The van der Waals surface area contributed by atoms with Crippen molar-refractivity contribution in [2.24, 2.45) is 5.73 Å². The van der Waals surface area contributed by atoms with Crippen molar-refractivity contribution in [3.63, 3.8) is 0 Å². The summed E-state index contributed by atoms with van der Waals surface area (Å²) in [7, 11) is 3.05. The molecule has 0 unspecified atom stereocenters. The molecule has 0 aromatic heterocycles. The summed E-state index contributed by atoms with van der Waals surface area (Å²) in [6, 6.07) is 0. The maximum Gasteiger partial charge on any atom is 0.483 e. The summed E-state index contributed by atoms with van der Waals surface area (Å²) in [4.78, 5) is 0. The molecule has 0 bridgehead atoms. The Labute approximate surface area is 96.1 Å². The Morgan fingerprint density at radius 1 is 1.00 bits per heavy atom. The van der Waals surface area contributed by atoms with Crippen LogP contribution in [-0.2, 0) is 13.3 Å². The summed E-state index contributed by atoms with van der Waals surface area (Å²) in [6.07, 6.45) is 6.89. The number of rotatable bonds is 5. The maximum atomic E-state index is 5.14. The molecule has 0 radical (unpaired) electrons. The van der Waals surface area contributed by atoms with Crippen molar-refractivity contribution in [3.05, 3.63) is 0 Å². The van der Waals surface area contributed by atoms with Crippen molar-refractivity contribution in [2.75, 3.05) is 27.9 Å². The molecule has 5 heteroatoms. The first kappa shape index (κ1) is 17.5. The first-order valence-electron chi connectivity index (χ1n) is 5.55. The van der Waals surface area contributed by atoms with Gasteiger partial charge in [-0.15, -0.1) is 0 Å². The number of nitrogens with two attached hydrogens (primary N) is 1. The first-order valence-corrected chi connectivity index (χ1v) is 6.96. The average molecular weight is 237 g/mol. The van der Waals surface area contributed by atoms with E-state index >= 15 is 0 Å². The Bertz CT molecular complexity index is 90.4. The van der Waals surface area contributed by atoms with Crippen molar-refractivity contribution in [3.8, 4) is 0 Å². The topological polar surface area (TPSA) is 53.7 Å². The lowest BCUT2D eigenvalue weighted by molar-refractivity contribution is 0.163. The van der Waals surface area contributed by atoms with Gasteiger partial charge in [0.2, 0.25) is 0 Å². The molecule has 1 rings (SSSR count). The molecule has 1 aliphatic carbocycles. The van der Waals surface area contributed by atoms with Gasteiger partial charge in [-0.2, -0.15) is 0 Å². The van der Waals surface area contributed by atoms with Crippen LogP contribution >= 0.6 is 0 Å². The summed E-state index contributed by atoms with van der Waals surface area (Å²) in [5.74, 6) is 0. The molecule has 0 aliphatic heterocycles. The van der Waals surface area contributed by atoms with Crippen LogP contribution in [0, 0.1) is 0 Å². The van der Waals surface area contributed by atoms with E-state index in [1.807, 2.05) is 0 Å². The van der Waals surface area contributed by atoms with Crippen molar-refractivity contribution in [2.45, 2.75) is 39.0 Å². The smallest absolute Gasteiger partial charge is 0.379 e. The van der Waals surface area contributed by atoms with Gasteiger partial charge < -0.3 is 19.0 Å². The molecule has 0 saturated heterocycles. The third-order valence-electron chi connectivity index (χ3n) is 1.49. The minimum Gasteiger partial charge on any atom is -0.379 e. The van der Waals surface area contributed by atoms with E-state index in [0.717, 1.165) is 6.54 Å². The Kier molecular flexibility index (Phi) is 19.2. The zero-order chi connectivity index (χ0) is 11.9. The molecule has 94 valence electrons. The highest BCUT2D eigenvalue weighted by Gasteiger charge is 2.04. The minimum atomic E-state index is -1.67. The van der Waals surface area contributed by atoms with E-state index in [1.54, 1.807) is 21.3 Å². The number of unbranched alkanes of at least 4 members (excludes halogenated alkanes) is 1. The first-order chi connectivity index (χ1) is 7.26. The molecule has 0 aromatic carbocycles. The summed E-state index contributed by atoms with van der Waals surface area (Å²) >= 11 is 0. The fraction of sp³-hybridized carbons (Fsp3) is 1.00. The third-order valence-corrected chi connectivity index (χ3v) is 2.64. The predicted molar refractivity (Wildman–Crippen MR) is 66.0 cm³/mol. The zero-order valence-electron chi connectivity index (χ0n) is 10.6. The lowest BCUT2D eigenvalue weighted by Gasteiger charge is -2.05. The van der Waals surface area contributed by atoms with Crippen LogP contribution in [-0.4, -0.2) is 37.4 Å². The van der Waals surface area contributed by atoms with E-state index in [-0.39, 0.29) is 0 Å². The van der Waals surface area contributed by atoms with Crippen LogP contribution in [0.3, 0.4) is 0 Å². The normalized spacial score (nSPS) is 12.4. The highest BCUT2D eigenvalue weighted by molar-refractivity contribution is 6.36. The van der Waals surface area contributed by atoms with Crippen LogP contribution in [0.25, 0.3) is 0 Å². The molecule has 4 nitrogen and oxygen atoms in total. The highest BCUT2D eigenvalue weighted by atomic mass is 28.3. The maximum absolute atomic E-state index is 5.14. The SMILES string of the molecule is C1CC1.CCCCN.CO[SiH](OC)OC. The Balaban J connectivity index is 0. The van der Waals surface area contributed by atoms with Crippen molar-refractivity contribution in [1.82, 2.24) is 0 Å². The van der Waals surface area contributed by atoms with Crippen LogP contribution in [0.1, 0.15) is 39.0 Å². The van der Waals surface area contributed by atoms with Gasteiger partial charge in [0, 0.05) is 21.3 Å². The van der Waals surface area contributed by atoms with Gasteiger partial charge in [0.15, 0.2) is 0 Å². The quantitative estimate of drug-likeness (QED) is 0.737. The van der Waals surface area contributed by atoms with Crippen molar-refractivity contribution < 1.29 is 13.3 Å². The summed E-state index contributed by atoms with van der Waals surface area (Å²) in [6.45, 7) is 2.98. The van der Waals surface area contributed by atoms with E-state index in [0.29, 0.717) is 0 Å². The van der Waals surface area contributed by atoms with E-state index in [4.69, 9.17) is 19.0 Å². The van der Waals surface area contributed by atoms with Gasteiger partial charge in [-0.1, -0.05) is 32.6 Å². The highest BCUT2D eigenvalue weighted by Crippen LogP contribution is 2.14. The molecule has 0 heterocycles. The standard InChI is InChI=1S/C4H11N.C3H10O3Si.C3H6/c1-2-3-4-5;1-4-7(5-2)6-3;1-2-3-1/h2-5H2,1H3;7H,1-3H3;1-3H2. The van der Waals surface area contributed by atoms with E-state index < -0.39 is 9.53 Å². The van der Waals surface area contributed by atoms with Crippen LogP contribution in [0.2, 0.25) is 0 Å². The van der Waals surface area contributed by atoms with Gasteiger partial charge in [0.05, 0.1) is 0 Å². The van der Waals surface area contributed by atoms with E-state index in [1.165, 1.54) is 32.1 Å². The molecule has 15 heavy (non-hydrogen) atoms. The fourth-order valence-electron chi connectivity index (χ4n) is 0.493. The van der Waals surface area contributed by atoms with Gasteiger partial charge in [-0.3, -0.25) is 0 Å². The molecule has 1 aliphatic rings. The van der Waals surface area contributed by atoms with Crippen molar-refractivity contribution >= 4 is 9.53 Å². The average Bonchev–Trinajstić information content (AvgIpc) is 3.10. The summed E-state index contributed by atoms with van der Waals surface area (Å²) < 4.78 is 14.2. The number of hydrogen-bond donors (Lipinski definition) is 1. The molecule has 0 aromatic rings. The Hall–Kier alpha value is 0.0569. The molecule has 0 spiro atoms. The summed E-state index contributed by atoms with van der Waals surface area (Å²) in [5, 5.41) is 0. The largest absolute Gasteiger partial charge is 0.483 e. The lowest BCUT2D eigenvalue weighted by Crippen LogP contribution is -2.21. The second-order valence-electron chi connectivity index (χ2n) is 3.20. The molecule has 1 saturated carbocycles. The molecular weight excluding hydrogens is 210 g/mol. The van der Waals surface area contributed by atoms with Gasteiger partial charge in [-0.05, 0) is 13.0 Å². The Morgan fingerprint density at radius 2 is 1.40 bits per heavy atom. The van der Waals surface area contributed by atoms with Gasteiger partial charge >= 0.3 is 9.53 Å². The molecule has 0 amide bonds. The lowest BCUT2D eigenvalue weighted by atomic mass is 10.3. The van der Waals surface area contributed by atoms with Crippen LogP contribution in [0.5, 0.6) is 0 Å². The second-order valence-corrected chi connectivity index (χ2v) is 5.19.